The summed E-state index contributed by atoms with van der Waals surface area (Å²) >= 11 is 0. The third-order valence-corrected chi connectivity index (χ3v) is 3.31. The number of benzene rings is 1. The third kappa shape index (κ3) is 5.51. The van der Waals surface area contributed by atoms with Gasteiger partial charge in [0, 0.05) is 24.2 Å². The first-order valence-electron chi connectivity index (χ1n) is 7.08. The number of nitro groups is 1. The Bertz CT molecular complexity index is 515. The molecule has 0 unspecified atom stereocenters. The SMILES string of the molecule is Cc1cc([N+](=O)[O-])ccc1NC(=O)C[C@@H](CN)CC(C)C. The number of anilines is 1. The van der Waals surface area contributed by atoms with E-state index in [0.717, 1.165) is 6.42 Å². The van der Waals surface area contributed by atoms with Crippen molar-refractivity contribution in [1.82, 2.24) is 0 Å². The highest BCUT2D eigenvalue weighted by Gasteiger charge is 2.15. The summed E-state index contributed by atoms with van der Waals surface area (Å²) in [6, 6.07) is 4.40. The molecule has 0 saturated carbocycles. The molecule has 116 valence electrons. The second kappa shape index (κ2) is 7.73. The number of nitrogens with one attached hydrogen (secondary N) is 1. The fraction of sp³-hybridized carbons (Fsp3) is 0.533. The van der Waals surface area contributed by atoms with Crippen LogP contribution in [-0.4, -0.2) is 17.4 Å². The number of amides is 1. The molecule has 0 aromatic heterocycles. The summed E-state index contributed by atoms with van der Waals surface area (Å²) in [5.41, 5.74) is 6.98. The molecule has 0 aliphatic rings. The fourth-order valence-electron chi connectivity index (χ4n) is 2.29. The summed E-state index contributed by atoms with van der Waals surface area (Å²) in [4.78, 5) is 22.3. The van der Waals surface area contributed by atoms with Crippen molar-refractivity contribution in [2.75, 3.05) is 11.9 Å². The van der Waals surface area contributed by atoms with Gasteiger partial charge in [-0.25, -0.2) is 0 Å². The number of hydrogen-bond acceptors (Lipinski definition) is 4. The molecule has 0 saturated heterocycles. The molecular weight excluding hydrogens is 270 g/mol. The van der Waals surface area contributed by atoms with Crippen LogP contribution in [-0.2, 0) is 4.79 Å². The molecule has 1 atom stereocenters. The molecule has 0 heterocycles. The van der Waals surface area contributed by atoms with E-state index in [2.05, 4.69) is 19.2 Å². The Kier molecular flexibility index (Phi) is 6.30. The number of carbonyl (C=O) groups is 1. The van der Waals surface area contributed by atoms with Crippen molar-refractivity contribution in [2.24, 2.45) is 17.6 Å². The van der Waals surface area contributed by atoms with Crippen molar-refractivity contribution in [3.05, 3.63) is 33.9 Å². The van der Waals surface area contributed by atoms with Crippen LogP contribution in [0.15, 0.2) is 18.2 Å². The monoisotopic (exact) mass is 293 g/mol. The Morgan fingerprint density at radius 3 is 2.57 bits per heavy atom. The number of nitrogens with zero attached hydrogens (tertiary/aromatic N) is 1. The molecule has 0 bridgehead atoms. The Balaban J connectivity index is 2.68. The molecule has 0 aliphatic carbocycles. The summed E-state index contributed by atoms with van der Waals surface area (Å²) < 4.78 is 0. The van der Waals surface area contributed by atoms with Gasteiger partial charge in [0.25, 0.3) is 5.69 Å². The summed E-state index contributed by atoms with van der Waals surface area (Å²) in [5, 5.41) is 13.5. The van der Waals surface area contributed by atoms with Crippen LogP contribution in [0.4, 0.5) is 11.4 Å². The molecule has 3 N–H and O–H groups in total. The van der Waals surface area contributed by atoms with E-state index in [1.54, 1.807) is 13.0 Å². The summed E-state index contributed by atoms with van der Waals surface area (Å²) in [7, 11) is 0. The van der Waals surface area contributed by atoms with E-state index in [4.69, 9.17) is 5.73 Å². The Hall–Kier alpha value is -1.95. The number of aryl methyl sites for hydroxylation is 1. The van der Waals surface area contributed by atoms with Crippen LogP contribution < -0.4 is 11.1 Å². The zero-order chi connectivity index (χ0) is 16.0. The van der Waals surface area contributed by atoms with E-state index >= 15 is 0 Å². The highest BCUT2D eigenvalue weighted by atomic mass is 16.6. The van der Waals surface area contributed by atoms with Gasteiger partial charge in [0.15, 0.2) is 0 Å². The predicted molar refractivity (Wildman–Crippen MR) is 83.1 cm³/mol. The van der Waals surface area contributed by atoms with Gasteiger partial charge < -0.3 is 11.1 Å². The highest BCUT2D eigenvalue weighted by molar-refractivity contribution is 5.91. The van der Waals surface area contributed by atoms with Crippen LogP contribution in [0, 0.1) is 28.9 Å². The van der Waals surface area contributed by atoms with Gasteiger partial charge in [-0.3, -0.25) is 14.9 Å². The zero-order valence-corrected chi connectivity index (χ0v) is 12.8. The minimum absolute atomic E-state index is 0.0186. The van der Waals surface area contributed by atoms with E-state index in [1.165, 1.54) is 12.1 Å². The standard InChI is InChI=1S/C15H23N3O3/c1-10(2)6-12(9-16)8-15(19)17-14-5-4-13(18(20)21)7-11(14)3/h4-5,7,10,12H,6,8-9,16H2,1-3H3,(H,17,19)/t12-/m0/s1. The minimum Gasteiger partial charge on any atom is -0.330 e. The Labute approximate surface area is 124 Å². The molecule has 0 fully saturated rings. The maximum Gasteiger partial charge on any atom is 0.269 e. The van der Waals surface area contributed by atoms with Gasteiger partial charge in [0.2, 0.25) is 5.91 Å². The zero-order valence-electron chi connectivity index (χ0n) is 12.8. The van der Waals surface area contributed by atoms with E-state index in [1.807, 2.05) is 0 Å². The average molecular weight is 293 g/mol. The van der Waals surface area contributed by atoms with E-state index in [0.29, 0.717) is 30.1 Å². The lowest BCUT2D eigenvalue weighted by Gasteiger charge is -2.17. The number of hydrogen-bond donors (Lipinski definition) is 2. The molecule has 1 aromatic rings. The van der Waals surface area contributed by atoms with E-state index in [9.17, 15) is 14.9 Å². The van der Waals surface area contributed by atoms with Crippen molar-refractivity contribution in [1.29, 1.82) is 0 Å². The molecule has 1 rings (SSSR count). The predicted octanol–water partition coefficient (Wildman–Crippen LogP) is 2.85. The van der Waals surface area contributed by atoms with Crippen molar-refractivity contribution in [2.45, 2.75) is 33.6 Å². The fourth-order valence-corrected chi connectivity index (χ4v) is 2.29. The second-order valence-corrected chi connectivity index (χ2v) is 5.74. The minimum atomic E-state index is -0.453. The maximum absolute atomic E-state index is 12.0. The van der Waals surface area contributed by atoms with Crippen LogP contribution >= 0.6 is 0 Å². The topological polar surface area (TPSA) is 98.3 Å². The first-order chi connectivity index (χ1) is 9.83. The van der Waals surface area contributed by atoms with Gasteiger partial charge in [-0.1, -0.05) is 13.8 Å². The molecule has 6 nitrogen and oxygen atoms in total. The number of nitrogens with two attached hydrogens (primary N) is 1. The molecule has 0 aliphatic heterocycles. The molecule has 1 amide bonds. The van der Waals surface area contributed by atoms with Crippen LogP contribution in [0.1, 0.15) is 32.3 Å². The largest absolute Gasteiger partial charge is 0.330 e. The number of nitro benzene ring substituents is 1. The molecule has 1 aromatic carbocycles. The number of carbonyl (C=O) groups excluding carboxylic acids is 1. The van der Waals surface area contributed by atoms with Gasteiger partial charge in [-0.05, 0) is 43.4 Å². The van der Waals surface area contributed by atoms with Gasteiger partial charge in [0.05, 0.1) is 4.92 Å². The van der Waals surface area contributed by atoms with Gasteiger partial charge >= 0.3 is 0 Å². The quantitative estimate of drug-likeness (QED) is 0.596. The highest BCUT2D eigenvalue weighted by Crippen LogP contribution is 2.22. The number of non-ortho nitro benzene ring substituents is 1. The van der Waals surface area contributed by atoms with Crippen molar-refractivity contribution in [3.8, 4) is 0 Å². The van der Waals surface area contributed by atoms with Gasteiger partial charge in [-0.2, -0.15) is 0 Å². The summed E-state index contributed by atoms with van der Waals surface area (Å²) in [5.74, 6) is 0.541. The van der Waals surface area contributed by atoms with Gasteiger partial charge in [0.1, 0.15) is 0 Å². The van der Waals surface area contributed by atoms with Crippen LogP contribution in [0.5, 0.6) is 0 Å². The Morgan fingerprint density at radius 1 is 1.43 bits per heavy atom. The molecular formula is C15H23N3O3. The molecule has 0 radical (unpaired) electrons. The first-order valence-corrected chi connectivity index (χ1v) is 7.08. The molecule has 6 heteroatoms. The lowest BCUT2D eigenvalue weighted by molar-refractivity contribution is -0.384. The van der Waals surface area contributed by atoms with Crippen LogP contribution in [0.25, 0.3) is 0 Å². The Morgan fingerprint density at radius 2 is 2.10 bits per heavy atom. The summed E-state index contributed by atoms with van der Waals surface area (Å²) in [6.45, 7) is 6.41. The van der Waals surface area contributed by atoms with Gasteiger partial charge in [-0.15, -0.1) is 0 Å². The smallest absolute Gasteiger partial charge is 0.269 e. The number of rotatable bonds is 7. The van der Waals surface area contributed by atoms with Crippen molar-refractivity contribution >= 4 is 17.3 Å². The second-order valence-electron chi connectivity index (χ2n) is 5.74. The van der Waals surface area contributed by atoms with Crippen LogP contribution in [0.3, 0.4) is 0 Å². The van der Waals surface area contributed by atoms with Crippen LogP contribution in [0.2, 0.25) is 0 Å². The molecule has 0 spiro atoms. The van der Waals surface area contributed by atoms with E-state index in [-0.39, 0.29) is 17.5 Å². The lowest BCUT2D eigenvalue weighted by Crippen LogP contribution is -2.23. The average Bonchev–Trinajstić information content (AvgIpc) is 2.39. The van der Waals surface area contributed by atoms with Crippen molar-refractivity contribution < 1.29 is 9.72 Å². The van der Waals surface area contributed by atoms with E-state index < -0.39 is 4.92 Å². The molecule has 21 heavy (non-hydrogen) atoms. The first kappa shape index (κ1) is 17.1. The maximum atomic E-state index is 12.0. The third-order valence-electron chi connectivity index (χ3n) is 3.31. The lowest BCUT2D eigenvalue weighted by atomic mass is 9.94. The van der Waals surface area contributed by atoms with Crippen molar-refractivity contribution in [3.63, 3.8) is 0 Å². The normalized spacial score (nSPS) is 12.2. The summed E-state index contributed by atoms with van der Waals surface area (Å²) in [6.07, 6.45) is 1.27.